The number of methoxy groups -OCH3 is 1. The zero-order valence-corrected chi connectivity index (χ0v) is 15.1. The summed E-state index contributed by atoms with van der Waals surface area (Å²) in [6.45, 7) is 6.21. The molecule has 0 amide bonds. The van der Waals surface area contributed by atoms with Crippen LogP contribution >= 0.6 is 11.6 Å². The number of aromatic amines is 1. The van der Waals surface area contributed by atoms with Crippen LogP contribution in [0.25, 0.3) is 0 Å². The van der Waals surface area contributed by atoms with Gasteiger partial charge in [-0.05, 0) is 25.5 Å². The maximum atomic E-state index is 9.34. The number of halogens is 1. The number of aliphatic hydroxyl groups is 1. The molecule has 0 aliphatic rings. The highest BCUT2D eigenvalue weighted by molar-refractivity contribution is 6.31. The van der Waals surface area contributed by atoms with Crippen LogP contribution in [0.2, 0.25) is 5.02 Å². The van der Waals surface area contributed by atoms with Crippen LogP contribution in [-0.4, -0.2) is 46.8 Å². The van der Waals surface area contributed by atoms with Gasteiger partial charge in [-0.2, -0.15) is 0 Å². The molecule has 1 heterocycles. The quantitative estimate of drug-likeness (QED) is 0.725. The number of imidazole rings is 1. The van der Waals surface area contributed by atoms with E-state index in [0.717, 1.165) is 17.1 Å². The second kappa shape index (κ2) is 8.92. The molecule has 2 rings (SSSR count). The summed E-state index contributed by atoms with van der Waals surface area (Å²) < 4.78 is 10.9. The van der Waals surface area contributed by atoms with Gasteiger partial charge in [0.2, 0.25) is 0 Å². The summed E-state index contributed by atoms with van der Waals surface area (Å²) in [4.78, 5) is 9.50. The van der Waals surface area contributed by atoms with Gasteiger partial charge in [0.25, 0.3) is 0 Å². The smallest absolute Gasteiger partial charge is 0.162 e. The molecule has 1 aromatic heterocycles. The topological polar surface area (TPSA) is 70.6 Å². The summed E-state index contributed by atoms with van der Waals surface area (Å²) in [5.74, 6) is 2.15. The monoisotopic (exact) mass is 353 g/mol. The van der Waals surface area contributed by atoms with Gasteiger partial charge in [-0.3, -0.25) is 4.90 Å². The number of benzene rings is 1. The molecule has 6 nitrogen and oxygen atoms in total. The van der Waals surface area contributed by atoms with E-state index in [-0.39, 0.29) is 6.61 Å². The molecule has 24 heavy (non-hydrogen) atoms. The highest BCUT2D eigenvalue weighted by atomic mass is 35.5. The third kappa shape index (κ3) is 4.87. The largest absolute Gasteiger partial charge is 0.493 e. The van der Waals surface area contributed by atoms with Crippen LogP contribution in [0.3, 0.4) is 0 Å². The lowest BCUT2D eigenvalue weighted by molar-refractivity contribution is 0.183. The first kappa shape index (κ1) is 18.6. The first-order chi connectivity index (χ1) is 11.6. The van der Waals surface area contributed by atoms with E-state index < -0.39 is 0 Å². The van der Waals surface area contributed by atoms with Crippen molar-refractivity contribution in [1.82, 2.24) is 14.9 Å². The molecule has 2 N–H and O–H groups in total. The van der Waals surface area contributed by atoms with Crippen molar-refractivity contribution in [2.24, 2.45) is 0 Å². The fourth-order valence-corrected chi connectivity index (χ4v) is 2.73. The minimum Gasteiger partial charge on any atom is -0.493 e. The Labute approximate surface area is 147 Å². The van der Waals surface area contributed by atoms with Crippen LogP contribution in [0, 0.1) is 6.92 Å². The van der Waals surface area contributed by atoms with E-state index in [1.54, 1.807) is 19.4 Å². The summed E-state index contributed by atoms with van der Waals surface area (Å²) in [5.41, 5.74) is 1.92. The Bertz CT molecular complexity index is 661. The van der Waals surface area contributed by atoms with Crippen LogP contribution in [-0.2, 0) is 13.1 Å². The van der Waals surface area contributed by atoms with Gasteiger partial charge in [-0.25, -0.2) is 4.98 Å². The van der Waals surface area contributed by atoms with Crippen molar-refractivity contribution in [3.63, 3.8) is 0 Å². The molecule has 0 saturated heterocycles. The van der Waals surface area contributed by atoms with E-state index in [0.29, 0.717) is 42.8 Å². The molecular weight excluding hydrogens is 330 g/mol. The van der Waals surface area contributed by atoms with Crippen molar-refractivity contribution in [1.29, 1.82) is 0 Å². The van der Waals surface area contributed by atoms with Crippen molar-refractivity contribution < 1.29 is 14.6 Å². The second-order valence-corrected chi connectivity index (χ2v) is 5.86. The Morgan fingerprint density at radius 2 is 2.08 bits per heavy atom. The first-order valence-corrected chi connectivity index (χ1v) is 8.28. The number of nitrogens with one attached hydrogen (secondary N) is 1. The van der Waals surface area contributed by atoms with Crippen LogP contribution in [0.4, 0.5) is 0 Å². The number of aliphatic hydroxyl groups excluding tert-OH is 1. The van der Waals surface area contributed by atoms with Crippen LogP contribution in [0.15, 0.2) is 18.3 Å². The minimum absolute atomic E-state index is 0.0687. The van der Waals surface area contributed by atoms with Crippen LogP contribution in [0.5, 0.6) is 11.5 Å². The van der Waals surface area contributed by atoms with Crippen molar-refractivity contribution in [2.75, 3.05) is 26.9 Å². The van der Waals surface area contributed by atoms with Gasteiger partial charge >= 0.3 is 0 Å². The molecule has 0 aliphatic carbocycles. The number of ether oxygens (including phenoxy) is 2. The number of aromatic nitrogens is 2. The van der Waals surface area contributed by atoms with Gasteiger partial charge < -0.3 is 19.6 Å². The molecular formula is C17H24ClN3O3. The van der Waals surface area contributed by atoms with Gasteiger partial charge in [-0.15, -0.1) is 0 Å². The van der Waals surface area contributed by atoms with E-state index in [1.807, 2.05) is 19.9 Å². The number of aryl methyl sites for hydroxylation is 1. The SMILES string of the molecule is CCOc1cc(CN(CCO)Cc2cnc(C)[nH]2)c(Cl)cc1OC. The lowest BCUT2D eigenvalue weighted by Crippen LogP contribution is -2.26. The molecule has 0 fully saturated rings. The lowest BCUT2D eigenvalue weighted by Gasteiger charge is -2.22. The van der Waals surface area contributed by atoms with E-state index in [9.17, 15) is 5.11 Å². The van der Waals surface area contributed by atoms with E-state index in [1.165, 1.54) is 0 Å². The van der Waals surface area contributed by atoms with Gasteiger partial charge in [-0.1, -0.05) is 11.6 Å². The number of hydrogen-bond donors (Lipinski definition) is 2. The summed E-state index contributed by atoms with van der Waals surface area (Å²) in [7, 11) is 1.59. The zero-order chi connectivity index (χ0) is 17.5. The Kier molecular flexibility index (Phi) is 6.90. The molecule has 7 heteroatoms. The predicted octanol–water partition coefficient (Wildman–Crippen LogP) is 2.77. The molecule has 0 aliphatic heterocycles. The van der Waals surface area contributed by atoms with Gasteiger partial charge in [0.15, 0.2) is 11.5 Å². The van der Waals surface area contributed by atoms with E-state index in [2.05, 4.69) is 14.9 Å². The van der Waals surface area contributed by atoms with Crippen molar-refractivity contribution >= 4 is 11.6 Å². The maximum Gasteiger partial charge on any atom is 0.162 e. The molecule has 132 valence electrons. The molecule has 0 atom stereocenters. The molecule has 0 spiro atoms. The summed E-state index contributed by atoms with van der Waals surface area (Å²) in [5, 5.41) is 9.95. The first-order valence-electron chi connectivity index (χ1n) is 7.90. The summed E-state index contributed by atoms with van der Waals surface area (Å²) in [6, 6.07) is 3.66. The van der Waals surface area contributed by atoms with Crippen LogP contribution < -0.4 is 9.47 Å². The number of nitrogens with zero attached hydrogens (tertiary/aromatic N) is 2. The van der Waals surface area contributed by atoms with Crippen molar-refractivity contribution in [3.8, 4) is 11.5 Å². The molecule has 0 saturated carbocycles. The van der Waals surface area contributed by atoms with E-state index in [4.69, 9.17) is 21.1 Å². The fourth-order valence-electron chi connectivity index (χ4n) is 2.52. The fraction of sp³-hybridized carbons (Fsp3) is 0.471. The minimum atomic E-state index is 0.0687. The highest BCUT2D eigenvalue weighted by Gasteiger charge is 2.14. The van der Waals surface area contributed by atoms with Gasteiger partial charge in [0, 0.05) is 42.6 Å². The van der Waals surface area contributed by atoms with Crippen LogP contribution in [0.1, 0.15) is 24.0 Å². The third-order valence-corrected chi connectivity index (χ3v) is 3.94. The molecule has 0 unspecified atom stereocenters. The van der Waals surface area contributed by atoms with Gasteiger partial charge in [0.05, 0.1) is 20.3 Å². The lowest BCUT2D eigenvalue weighted by atomic mass is 10.1. The maximum absolute atomic E-state index is 9.34. The Hall–Kier alpha value is -1.76. The normalized spacial score (nSPS) is 11.1. The average Bonchev–Trinajstić information content (AvgIpc) is 2.95. The highest BCUT2D eigenvalue weighted by Crippen LogP contribution is 2.34. The molecule has 1 aromatic carbocycles. The zero-order valence-electron chi connectivity index (χ0n) is 14.3. The Morgan fingerprint density at radius 3 is 2.67 bits per heavy atom. The molecule has 0 bridgehead atoms. The van der Waals surface area contributed by atoms with E-state index >= 15 is 0 Å². The number of H-pyrrole nitrogens is 1. The Morgan fingerprint density at radius 1 is 1.29 bits per heavy atom. The number of rotatable bonds is 9. The average molecular weight is 354 g/mol. The predicted molar refractivity (Wildman–Crippen MR) is 93.7 cm³/mol. The van der Waals surface area contributed by atoms with Crippen molar-refractivity contribution in [3.05, 3.63) is 40.4 Å². The third-order valence-electron chi connectivity index (χ3n) is 3.59. The number of hydrogen-bond acceptors (Lipinski definition) is 5. The summed E-state index contributed by atoms with van der Waals surface area (Å²) in [6.07, 6.45) is 1.81. The standard InChI is InChI=1S/C17H24ClN3O3/c1-4-24-17-7-13(15(18)8-16(17)23-3)10-21(5-6-22)11-14-9-19-12(2)20-14/h7-9,22H,4-6,10-11H2,1-3H3,(H,19,20). The van der Waals surface area contributed by atoms with Gasteiger partial charge in [0.1, 0.15) is 5.82 Å². The molecule has 0 radical (unpaired) electrons. The molecule has 2 aromatic rings. The summed E-state index contributed by atoms with van der Waals surface area (Å²) >= 11 is 6.39. The van der Waals surface area contributed by atoms with Crippen molar-refractivity contribution in [2.45, 2.75) is 26.9 Å². The second-order valence-electron chi connectivity index (χ2n) is 5.46. The Balaban J connectivity index is 2.19.